The lowest BCUT2D eigenvalue weighted by Gasteiger charge is -2.15. The minimum absolute atomic E-state index is 0.160. The number of rotatable bonds is 5. The second-order valence-corrected chi connectivity index (χ2v) is 3.57. The quantitative estimate of drug-likeness (QED) is 0.620. The molecule has 2 N–H and O–H groups in total. The average molecular weight is 172 g/mol. The third-order valence-electron chi connectivity index (χ3n) is 2.01. The predicted molar refractivity (Wildman–Crippen MR) is 50.9 cm³/mol. The molecule has 0 saturated heterocycles. The molecule has 0 rings (SSSR count). The molecular formula is C10H20O2. The van der Waals surface area contributed by atoms with Gasteiger partial charge in [-0.15, -0.1) is 0 Å². The molecule has 72 valence electrons. The summed E-state index contributed by atoms with van der Waals surface area (Å²) in [6.07, 6.45) is 3.09. The van der Waals surface area contributed by atoms with E-state index in [4.69, 9.17) is 5.11 Å². The van der Waals surface area contributed by atoms with E-state index in [1.165, 1.54) is 5.57 Å². The summed E-state index contributed by atoms with van der Waals surface area (Å²) in [6, 6.07) is 0. The van der Waals surface area contributed by atoms with Crippen molar-refractivity contribution in [2.75, 3.05) is 6.61 Å². The Morgan fingerprint density at radius 2 is 2.00 bits per heavy atom. The number of hydrogen-bond donors (Lipinski definition) is 2. The maximum Gasteiger partial charge on any atom is 0.0601 e. The summed E-state index contributed by atoms with van der Waals surface area (Å²) in [7, 11) is 0. The molecule has 2 heteroatoms. The van der Waals surface area contributed by atoms with E-state index < -0.39 is 0 Å². The summed E-state index contributed by atoms with van der Waals surface area (Å²) >= 11 is 0. The maximum absolute atomic E-state index is 9.54. The standard InChI is InChI=1S/C10H20O2/c1-8(2)4-5-10(12)9(3)6-7-11/h4,9-12H,5-7H2,1-3H3/t9-,10+/m1/s1. The Morgan fingerprint density at radius 1 is 1.42 bits per heavy atom. The number of aliphatic hydroxyl groups excluding tert-OH is 2. The first-order valence-electron chi connectivity index (χ1n) is 4.50. The zero-order valence-electron chi connectivity index (χ0n) is 8.25. The van der Waals surface area contributed by atoms with E-state index in [1.807, 2.05) is 26.8 Å². The number of allylic oxidation sites excluding steroid dienone is 1. The lowest BCUT2D eigenvalue weighted by atomic mass is 9.98. The topological polar surface area (TPSA) is 40.5 Å². The SMILES string of the molecule is CC(C)=CC[C@H](O)[C@H](C)CCO. The van der Waals surface area contributed by atoms with Crippen LogP contribution in [-0.2, 0) is 0 Å². The first-order chi connectivity index (χ1) is 5.57. The van der Waals surface area contributed by atoms with Crippen LogP contribution in [0.3, 0.4) is 0 Å². The van der Waals surface area contributed by atoms with E-state index in [-0.39, 0.29) is 18.6 Å². The largest absolute Gasteiger partial charge is 0.396 e. The van der Waals surface area contributed by atoms with Crippen LogP contribution in [-0.4, -0.2) is 22.9 Å². The highest BCUT2D eigenvalue weighted by molar-refractivity contribution is 4.94. The fourth-order valence-corrected chi connectivity index (χ4v) is 0.985. The van der Waals surface area contributed by atoms with E-state index in [0.717, 1.165) is 0 Å². The van der Waals surface area contributed by atoms with Crippen molar-refractivity contribution in [1.82, 2.24) is 0 Å². The molecule has 0 saturated carbocycles. The van der Waals surface area contributed by atoms with Gasteiger partial charge in [0.2, 0.25) is 0 Å². The number of aliphatic hydroxyl groups is 2. The first kappa shape index (κ1) is 11.7. The Hall–Kier alpha value is -0.340. The summed E-state index contributed by atoms with van der Waals surface area (Å²) in [6.45, 7) is 6.15. The minimum Gasteiger partial charge on any atom is -0.396 e. The van der Waals surface area contributed by atoms with Crippen LogP contribution in [0.2, 0.25) is 0 Å². The normalized spacial score (nSPS) is 15.4. The molecule has 0 amide bonds. The van der Waals surface area contributed by atoms with Gasteiger partial charge in [-0.1, -0.05) is 18.6 Å². The van der Waals surface area contributed by atoms with Gasteiger partial charge in [0.25, 0.3) is 0 Å². The third-order valence-corrected chi connectivity index (χ3v) is 2.01. The van der Waals surface area contributed by atoms with Crippen LogP contribution >= 0.6 is 0 Å². The van der Waals surface area contributed by atoms with Gasteiger partial charge in [-0.3, -0.25) is 0 Å². The van der Waals surface area contributed by atoms with E-state index in [0.29, 0.717) is 12.8 Å². The molecular weight excluding hydrogens is 152 g/mol. The predicted octanol–water partition coefficient (Wildman–Crippen LogP) is 1.72. The zero-order valence-corrected chi connectivity index (χ0v) is 8.25. The zero-order chi connectivity index (χ0) is 9.56. The number of hydrogen-bond acceptors (Lipinski definition) is 2. The summed E-state index contributed by atoms with van der Waals surface area (Å²) < 4.78 is 0. The second-order valence-electron chi connectivity index (χ2n) is 3.57. The van der Waals surface area contributed by atoms with Crippen LogP contribution in [0, 0.1) is 5.92 Å². The fraction of sp³-hybridized carbons (Fsp3) is 0.800. The lowest BCUT2D eigenvalue weighted by molar-refractivity contribution is 0.101. The van der Waals surface area contributed by atoms with E-state index in [9.17, 15) is 5.11 Å². The van der Waals surface area contributed by atoms with Crippen molar-refractivity contribution in [3.63, 3.8) is 0 Å². The average Bonchev–Trinajstić information content (AvgIpc) is 2.00. The van der Waals surface area contributed by atoms with Gasteiger partial charge >= 0.3 is 0 Å². The van der Waals surface area contributed by atoms with Crippen molar-refractivity contribution in [2.24, 2.45) is 5.92 Å². The molecule has 0 spiro atoms. The molecule has 12 heavy (non-hydrogen) atoms. The molecule has 0 heterocycles. The first-order valence-corrected chi connectivity index (χ1v) is 4.50. The lowest BCUT2D eigenvalue weighted by Crippen LogP contribution is -2.17. The van der Waals surface area contributed by atoms with E-state index in [1.54, 1.807) is 0 Å². The molecule has 0 fully saturated rings. The van der Waals surface area contributed by atoms with Gasteiger partial charge in [0.05, 0.1) is 6.10 Å². The monoisotopic (exact) mass is 172 g/mol. The van der Waals surface area contributed by atoms with E-state index in [2.05, 4.69) is 0 Å². The Kier molecular flexibility index (Phi) is 6.03. The van der Waals surface area contributed by atoms with Crippen LogP contribution in [0.5, 0.6) is 0 Å². The summed E-state index contributed by atoms with van der Waals surface area (Å²) in [4.78, 5) is 0. The maximum atomic E-state index is 9.54. The van der Waals surface area contributed by atoms with Crippen LogP contribution in [0.15, 0.2) is 11.6 Å². The van der Waals surface area contributed by atoms with Crippen molar-refractivity contribution in [3.8, 4) is 0 Å². The van der Waals surface area contributed by atoms with E-state index >= 15 is 0 Å². The van der Waals surface area contributed by atoms with Crippen molar-refractivity contribution in [3.05, 3.63) is 11.6 Å². The summed E-state index contributed by atoms with van der Waals surface area (Å²) in [5, 5.41) is 18.2. The van der Waals surface area contributed by atoms with Gasteiger partial charge in [-0.25, -0.2) is 0 Å². The molecule has 2 nitrogen and oxygen atoms in total. The van der Waals surface area contributed by atoms with Crippen LogP contribution in [0.1, 0.15) is 33.6 Å². The Labute approximate surface area is 74.9 Å². The third kappa shape index (κ3) is 5.33. The van der Waals surface area contributed by atoms with Gasteiger partial charge in [0.15, 0.2) is 0 Å². The van der Waals surface area contributed by atoms with Gasteiger partial charge in [-0.2, -0.15) is 0 Å². The molecule has 0 aliphatic rings. The summed E-state index contributed by atoms with van der Waals surface area (Å²) in [5.74, 6) is 0.186. The van der Waals surface area contributed by atoms with Crippen molar-refractivity contribution < 1.29 is 10.2 Å². The van der Waals surface area contributed by atoms with Gasteiger partial charge in [0.1, 0.15) is 0 Å². The molecule has 0 aliphatic heterocycles. The minimum atomic E-state index is -0.313. The van der Waals surface area contributed by atoms with Gasteiger partial charge in [0, 0.05) is 6.61 Å². The summed E-state index contributed by atoms with van der Waals surface area (Å²) in [5.41, 5.74) is 1.23. The van der Waals surface area contributed by atoms with Crippen molar-refractivity contribution in [2.45, 2.75) is 39.7 Å². The molecule has 0 aromatic carbocycles. The van der Waals surface area contributed by atoms with Crippen molar-refractivity contribution >= 4 is 0 Å². The highest BCUT2D eigenvalue weighted by Crippen LogP contribution is 2.12. The van der Waals surface area contributed by atoms with Gasteiger partial charge in [-0.05, 0) is 32.6 Å². The molecule has 2 atom stereocenters. The Bertz CT molecular complexity index is 137. The molecule has 0 aromatic rings. The second kappa shape index (κ2) is 6.21. The Morgan fingerprint density at radius 3 is 2.42 bits per heavy atom. The Balaban J connectivity index is 3.70. The highest BCUT2D eigenvalue weighted by atomic mass is 16.3. The van der Waals surface area contributed by atoms with Gasteiger partial charge < -0.3 is 10.2 Å². The smallest absolute Gasteiger partial charge is 0.0601 e. The highest BCUT2D eigenvalue weighted by Gasteiger charge is 2.11. The molecule has 0 aromatic heterocycles. The van der Waals surface area contributed by atoms with Crippen LogP contribution < -0.4 is 0 Å². The molecule has 0 bridgehead atoms. The molecule has 0 aliphatic carbocycles. The van der Waals surface area contributed by atoms with Crippen LogP contribution in [0.25, 0.3) is 0 Å². The molecule has 0 radical (unpaired) electrons. The molecule has 0 unspecified atom stereocenters. The fourth-order valence-electron chi connectivity index (χ4n) is 0.985. The van der Waals surface area contributed by atoms with Crippen molar-refractivity contribution in [1.29, 1.82) is 0 Å². The van der Waals surface area contributed by atoms with Crippen LogP contribution in [0.4, 0.5) is 0 Å².